The number of thiazole rings is 1. The third kappa shape index (κ3) is 1.63. The molecule has 0 aromatic carbocycles. The number of rotatable bonds is 3. The number of hydrogen-bond acceptors (Lipinski definition) is 3. The molecule has 4 nitrogen and oxygen atoms in total. The summed E-state index contributed by atoms with van der Waals surface area (Å²) in [7, 11) is 0. The summed E-state index contributed by atoms with van der Waals surface area (Å²) in [5, 5.41) is 12.0. The van der Waals surface area contributed by atoms with Crippen LogP contribution in [0.5, 0.6) is 0 Å². The van der Waals surface area contributed by atoms with Crippen LogP contribution < -0.4 is 0 Å². The topological polar surface area (TPSA) is 66.0 Å². The van der Waals surface area contributed by atoms with E-state index in [2.05, 4.69) is 9.97 Å². The maximum atomic E-state index is 10.7. The van der Waals surface area contributed by atoms with Crippen LogP contribution in [0.4, 0.5) is 0 Å². The van der Waals surface area contributed by atoms with E-state index in [1.54, 1.807) is 23.6 Å². The van der Waals surface area contributed by atoms with E-state index in [9.17, 15) is 4.79 Å². The molecule has 0 unspecified atom stereocenters. The van der Waals surface area contributed by atoms with Gasteiger partial charge in [0.25, 0.3) is 0 Å². The van der Waals surface area contributed by atoms with E-state index in [0.29, 0.717) is 5.92 Å². The van der Waals surface area contributed by atoms with Crippen LogP contribution in [0.25, 0.3) is 11.3 Å². The van der Waals surface area contributed by atoms with Crippen molar-refractivity contribution in [1.82, 2.24) is 9.97 Å². The van der Waals surface area contributed by atoms with Crippen molar-refractivity contribution < 1.29 is 9.90 Å². The highest BCUT2D eigenvalue weighted by molar-refractivity contribution is 7.10. The van der Waals surface area contributed by atoms with Gasteiger partial charge in [0.15, 0.2) is 0 Å². The van der Waals surface area contributed by atoms with Crippen molar-refractivity contribution in [3.05, 3.63) is 28.3 Å². The first kappa shape index (κ1) is 9.59. The maximum absolute atomic E-state index is 10.7. The van der Waals surface area contributed by atoms with Gasteiger partial charge in [-0.15, -0.1) is 11.3 Å². The molecule has 0 spiro atoms. The first-order chi connectivity index (χ1) is 7.74. The first-order valence-corrected chi connectivity index (χ1v) is 5.99. The molecule has 2 N–H and O–H groups in total. The minimum atomic E-state index is -0.941. The van der Waals surface area contributed by atoms with Crippen LogP contribution in [0.3, 0.4) is 0 Å². The summed E-state index contributed by atoms with van der Waals surface area (Å²) < 4.78 is 0. The minimum Gasteiger partial charge on any atom is -0.477 e. The van der Waals surface area contributed by atoms with Gasteiger partial charge < -0.3 is 10.1 Å². The number of H-pyrrole nitrogens is 1. The molecule has 16 heavy (non-hydrogen) atoms. The highest BCUT2D eigenvalue weighted by atomic mass is 32.1. The number of aromatic amines is 1. The van der Waals surface area contributed by atoms with Crippen molar-refractivity contribution in [3.63, 3.8) is 0 Å². The fourth-order valence-electron chi connectivity index (χ4n) is 1.60. The number of carbonyl (C=O) groups is 1. The van der Waals surface area contributed by atoms with Gasteiger partial charge in [0.1, 0.15) is 5.69 Å². The number of nitrogens with zero attached hydrogens (tertiary/aromatic N) is 1. The van der Waals surface area contributed by atoms with Gasteiger partial charge >= 0.3 is 5.97 Å². The maximum Gasteiger partial charge on any atom is 0.352 e. The number of carboxylic acids is 1. The van der Waals surface area contributed by atoms with Gasteiger partial charge in [-0.25, -0.2) is 9.78 Å². The number of aromatic nitrogens is 2. The van der Waals surface area contributed by atoms with Gasteiger partial charge in [0.2, 0.25) is 0 Å². The quantitative estimate of drug-likeness (QED) is 0.858. The average molecular weight is 234 g/mol. The van der Waals surface area contributed by atoms with Crippen LogP contribution in [0, 0.1) is 0 Å². The Labute approximate surface area is 96.0 Å². The fourth-order valence-corrected chi connectivity index (χ4v) is 2.60. The average Bonchev–Trinajstić information content (AvgIpc) is 2.83. The van der Waals surface area contributed by atoms with Gasteiger partial charge in [-0.3, -0.25) is 0 Å². The highest BCUT2D eigenvalue weighted by Crippen LogP contribution is 2.42. The van der Waals surface area contributed by atoms with Gasteiger partial charge in [-0.1, -0.05) is 0 Å². The van der Waals surface area contributed by atoms with E-state index in [-0.39, 0.29) is 5.69 Å². The third-order valence-corrected chi connectivity index (χ3v) is 3.66. The lowest BCUT2D eigenvalue weighted by atomic mass is 10.2. The molecule has 1 aliphatic rings. The van der Waals surface area contributed by atoms with Crippen LogP contribution in [0.15, 0.2) is 17.6 Å². The molecule has 2 heterocycles. The Kier molecular flexibility index (Phi) is 2.07. The van der Waals surface area contributed by atoms with E-state index < -0.39 is 5.97 Å². The molecule has 82 valence electrons. The summed E-state index contributed by atoms with van der Waals surface area (Å²) in [5.41, 5.74) is 1.92. The molecule has 0 aliphatic heterocycles. The van der Waals surface area contributed by atoms with Crippen LogP contribution in [0.1, 0.15) is 34.3 Å². The van der Waals surface area contributed by atoms with Gasteiger partial charge in [0, 0.05) is 23.1 Å². The van der Waals surface area contributed by atoms with Gasteiger partial charge in [-0.2, -0.15) is 0 Å². The fraction of sp³-hybridized carbons (Fsp3) is 0.273. The smallest absolute Gasteiger partial charge is 0.352 e. The van der Waals surface area contributed by atoms with E-state index in [1.165, 1.54) is 17.8 Å². The first-order valence-electron chi connectivity index (χ1n) is 5.11. The molecular weight excluding hydrogens is 224 g/mol. The van der Waals surface area contributed by atoms with E-state index >= 15 is 0 Å². The SMILES string of the molecule is O=C(O)c1cc(-c2csc(C3CC3)n2)c[nH]1. The Morgan fingerprint density at radius 2 is 2.38 bits per heavy atom. The molecule has 2 aromatic heterocycles. The Bertz CT molecular complexity index is 540. The molecule has 2 aromatic rings. The lowest BCUT2D eigenvalue weighted by molar-refractivity contribution is 0.0691. The molecule has 1 saturated carbocycles. The minimum absolute atomic E-state index is 0.205. The molecule has 0 radical (unpaired) electrons. The zero-order valence-corrected chi connectivity index (χ0v) is 9.25. The summed E-state index contributed by atoms with van der Waals surface area (Å²) in [6.07, 6.45) is 4.16. The lowest BCUT2D eigenvalue weighted by Gasteiger charge is -1.88. The van der Waals surface area contributed by atoms with Crippen molar-refractivity contribution in [2.45, 2.75) is 18.8 Å². The van der Waals surface area contributed by atoms with Gasteiger partial charge in [0.05, 0.1) is 10.7 Å². The molecule has 1 aliphatic carbocycles. The van der Waals surface area contributed by atoms with Gasteiger partial charge in [-0.05, 0) is 18.9 Å². The molecular formula is C11H10N2O2S. The van der Waals surface area contributed by atoms with Crippen LogP contribution in [-0.4, -0.2) is 21.0 Å². The Balaban J connectivity index is 1.91. The van der Waals surface area contributed by atoms with Crippen molar-refractivity contribution in [2.24, 2.45) is 0 Å². The number of hydrogen-bond donors (Lipinski definition) is 2. The molecule has 0 atom stereocenters. The molecule has 1 fully saturated rings. The summed E-state index contributed by atoms with van der Waals surface area (Å²) >= 11 is 1.66. The second kappa shape index (κ2) is 3.45. The monoisotopic (exact) mass is 234 g/mol. The summed E-state index contributed by atoms with van der Waals surface area (Å²) in [4.78, 5) is 18.0. The molecule has 0 bridgehead atoms. The Morgan fingerprint density at radius 1 is 1.56 bits per heavy atom. The van der Waals surface area contributed by atoms with Crippen LogP contribution >= 0.6 is 11.3 Å². The lowest BCUT2D eigenvalue weighted by Crippen LogP contribution is -1.94. The zero-order chi connectivity index (χ0) is 11.1. The molecule has 3 rings (SSSR count). The van der Waals surface area contributed by atoms with Crippen molar-refractivity contribution in [1.29, 1.82) is 0 Å². The number of aromatic carboxylic acids is 1. The summed E-state index contributed by atoms with van der Waals surface area (Å²) in [6.45, 7) is 0. The highest BCUT2D eigenvalue weighted by Gasteiger charge is 2.26. The number of nitrogens with one attached hydrogen (secondary N) is 1. The predicted octanol–water partition coefficient (Wildman–Crippen LogP) is 2.71. The summed E-state index contributed by atoms with van der Waals surface area (Å²) in [5.74, 6) is -0.291. The van der Waals surface area contributed by atoms with Crippen LogP contribution in [0.2, 0.25) is 0 Å². The second-order valence-electron chi connectivity index (χ2n) is 3.95. The predicted molar refractivity (Wildman–Crippen MR) is 60.8 cm³/mol. The van der Waals surface area contributed by atoms with Crippen molar-refractivity contribution in [2.75, 3.05) is 0 Å². The van der Waals surface area contributed by atoms with Crippen LogP contribution in [-0.2, 0) is 0 Å². The molecule has 0 saturated heterocycles. The standard InChI is InChI=1S/C11H10N2O2S/c14-11(15)8-3-7(4-12-8)9-5-16-10(13-9)6-1-2-6/h3-6,12H,1-2H2,(H,14,15). The normalized spacial score (nSPS) is 15.2. The van der Waals surface area contributed by atoms with E-state index in [0.717, 1.165) is 11.3 Å². The zero-order valence-electron chi connectivity index (χ0n) is 8.43. The molecule has 0 amide bonds. The second-order valence-corrected chi connectivity index (χ2v) is 4.84. The van der Waals surface area contributed by atoms with Crippen molar-refractivity contribution in [3.8, 4) is 11.3 Å². The van der Waals surface area contributed by atoms with Crippen molar-refractivity contribution >= 4 is 17.3 Å². The summed E-state index contributed by atoms with van der Waals surface area (Å²) in [6, 6.07) is 1.62. The molecule has 5 heteroatoms. The Morgan fingerprint density at radius 3 is 3.00 bits per heavy atom. The largest absolute Gasteiger partial charge is 0.477 e. The van der Waals surface area contributed by atoms with E-state index in [1.807, 2.05) is 5.38 Å². The third-order valence-electron chi connectivity index (χ3n) is 2.66. The Hall–Kier alpha value is -1.62. The van der Waals surface area contributed by atoms with E-state index in [4.69, 9.17) is 5.11 Å². The number of carboxylic acid groups (broad SMARTS) is 1.